The summed E-state index contributed by atoms with van der Waals surface area (Å²) in [5.74, 6) is 0.492. The second-order valence-corrected chi connectivity index (χ2v) is 6.34. The third-order valence-corrected chi connectivity index (χ3v) is 4.73. The summed E-state index contributed by atoms with van der Waals surface area (Å²) < 4.78 is 0. The molecule has 24 heavy (non-hydrogen) atoms. The molecule has 1 fully saturated rings. The van der Waals surface area contributed by atoms with Crippen molar-refractivity contribution in [1.29, 1.82) is 0 Å². The van der Waals surface area contributed by atoms with Crippen LogP contribution in [0.25, 0.3) is 0 Å². The molecule has 5 nitrogen and oxygen atoms in total. The minimum atomic E-state index is 0.0386. The molecule has 0 unspecified atom stereocenters. The Kier molecular flexibility index (Phi) is 7.25. The van der Waals surface area contributed by atoms with Gasteiger partial charge in [0.05, 0.1) is 0 Å². The zero-order valence-electron chi connectivity index (χ0n) is 14.8. The Morgan fingerprint density at radius 3 is 2.25 bits per heavy atom. The van der Waals surface area contributed by atoms with E-state index in [0.29, 0.717) is 12.3 Å². The zero-order valence-corrected chi connectivity index (χ0v) is 14.8. The minimum absolute atomic E-state index is 0.0386. The third-order valence-electron chi connectivity index (χ3n) is 4.73. The predicted molar refractivity (Wildman–Crippen MR) is 96.8 cm³/mol. The van der Waals surface area contributed by atoms with Crippen LogP contribution in [0.5, 0.6) is 0 Å². The Morgan fingerprint density at radius 2 is 1.67 bits per heavy atom. The molecule has 5 heteroatoms. The first kappa shape index (κ1) is 18.5. The van der Waals surface area contributed by atoms with Crippen LogP contribution in [0.4, 0.5) is 5.69 Å². The highest BCUT2D eigenvalue weighted by Crippen LogP contribution is 2.14. The van der Waals surface area contributed by atoms with E-state index in [9.17, 15) is 9.59 Å². The van der Waals surface area contributed by atoms with Crippen LogP contribution in [0.15, 0.2) is 30.3 Å². The zero-order chi connectivity index (χ0) is 17.4. The number of benzene rings is 1. The lowest BCUT2D eigenvalue weighted by Crippen LogP contribution is -2.50. The number of para-hydroxylation sites is 1. The predicted octanol–water partition coefficient (Wildman–Crippen LogP) is 2.60. The molecule has 1 aliphatic rings. The molecule has 0 aromatic heterocycles. The Balaban J connectivity index is 1.69. The summed E-state index contributed by atoms with van der Waals surface area (Å²) in [4.78, 5) is 28.6. The molecule has 2 rings (SSSR count). The Bertz CT molecular complexity index is 521. The van der Waals surface area contributed by atoms with Crippen LogP contribution in [0, 0.1) is 5.92 Å². The van der Waals surface area contributed by atoms with Crippen molar-refractivity contribution < 1.29 is 9.59 Å². The maximum absolute atomic E-state index is 12.4. The standard InChI is InChI=1S/C19H29N3O2/c1-3-16(4-2)19(24)22-14-12-21(13-15-22)11-10-18(23)20-17-8-6-5-7-9-17/h5-9,16H,3-4,10-15H2,1-2H3,(H,20,23). The molecular weight excluding hydrogens is 302 g/mol. The third kappa shape index (κ3) is 5.34. The van der Waals surface area contributed by atoms with Crippen molar-refractivity contribution in [2.75, 3.05) is 38.0 Å². The van der Waals surface area contributed by atoms with Crippen LogP contribution >= 0.6 is 0 Å². The molecule has 0 atom stereocenters. The fraction of sp³-hybridized carbons (Fsp3) is 0.579. The van der Waals surface area contributed by atoms with Crippen molar-refractivity contribution in [2.24, 2.45) is 5.92 Å². The van der Waals surface area contributed by atoms with E-state index in [1.807, 2.05) is 35.2 Å². The van der Waals surface area contributed by atoms with E-state index in [0.717, 1.165) is 51.3 Å². The van der Waals surface area contributed by atoms with E-state index in [1.165, 1.54) is 0 Å². The summed E-state index contributed by atoms with van der Waals surface area (Å²) in [6.07, 6.45) is 2.31. The number of anilines is 1. The van der Waals surface area contributed by atoms with Gasteiger partial charge in [-0.2, -0.15) is 0 Å². The topological polar surface area (TPSA) is 52.7 Å². The number of rotatable bonds is 7. The minimum Gasteiger partial charge on any atom is -0.340 e. The van der Waals surface area contributed by atoms with Crippen LogP contribution in [-0.2, 0) is 9.59 Å². The van der Waals surface area contributed by atoms with Gasteiger partial charge in [0.2, 0.25) is 11.8 Å². The lowest BCUT2D eigenvalue weighted by atomic mass is 10.0. The van der Waals surface area contributed by atoms with Gasteiger partial charge in [-0.25, -0.2) is 0 Å². The first-order chi connectivity index (χ1) is 11.6. The lowest BCUT2D eigenvalue weighted by Gasteiger charge is -2.36. The van der Waals surface area contributed by atoms with E-state index < -0.39 is 0 Å². The summed E-state index contributed by atoms with van der Waals surface area (Å²) in [5.41, 5.74) is 0.836. The Labute approximate surface area is 145 Å². The van der Waals surface area contributed by atoms with Gasteiger partial charge in [0, 0.05) is 50.7 Å². The summed E-state index contributed by atoms with van der Waals surface area (Å²) >= 11 is 0. The second-order valence-electron chi connectivity index (χ2n) is 6.34. The van der Waals surface area contributed by atoms with Crippen molar-refractivity contribution in [3.05, 3.63) is 30.3 Å². The molecule has 0 spiro atoms. The van der Waals surface area contributed by atoms with Crippen molar-refractivity contribution in [3.63, 3.8) is 0 Å². The number of piperazine rings is 1. The fourth-order valence-corrected chi connectivity index (χ4v) is 3.09. The molecule has 0 aliphatic carbocycles. The number of carbonyl (C=O) groups excluding carboxylic acids is 2. The fourth-order valence-electron chi connectivity index (χ4n) is 3.09. The van der Waals surface area contributed by atoms with E-state index in [1.54, 1.807) is 0 Å². The number of nitrogens with one attached hydrogen (secondary N) is 1. The number of hydrogen-bond acceptors (Lipinski definition) is 3. The molecule has 1 aromatic rings. The summed E-state index contributed by atoms with van der Waals surface area (Å²) in [6.45, 7) is 8.15. The average Bonchev–Trinajstić information content (AvgIpc) is 2.62. The SMILES string of the molecule is CCC(CC)C(=O)N1CCN(CCC(=O)Nc2ccccc2)CC1. The van der Waals surface area contributed by atoms with Gasteiger partial charge in [0.25, 0.3) is 0 Å². The highest BCUT2D eigenvalue weighted by Gasteiger charge is 2.25. The van der Waals surface area contributed by atoms with E-state index in [2.05, 4.69) is 24.1 Å². The van der Waals surface area contributed by atoms with Gasteiger partial charge in [-0.05, 0) is 25.0 Å². The quantitative estimate of drug-likeness (QED) is 0.835. The van der Waals surface area contributed by atoms with Gasteiger partial charge < -0.3 is 10.2 Å². The molecule has 1 aliphatic heterocycles. The lowest BCUT2D eigenvalue weighted by molar-refractivity contribution is -0.137. The molecule has 0 radical (unpaired) electrons. The maximum Gasteiger partial charge on any atom is 0.225 e. The maximum atomic E-state index is 12.4. The first-order valence-corrected chi connectivity index (χ1v) is 9.00. The number of amides is 2. The average molecular weight is 331 g/mol. The Hall–Kier alpha value is -1.88. The van der Waals surface area contributed by atoms with E-state index in [-0.39, 0.29) is 11.8 Å². The van der Waals surface area contributed by atoms with Crippen LogP contribution in [0.3, 0.4) is 0 Å². The highest BCUT2D eigenvalue weighted by atomic mass is 16.2. The van der Waals surface area contributed by atoms with Crippen molar-refractivity contribution in [3.8, 4) is 0 Å². The summed E-state index contributed by atoms with van der Waals surface area (Å²) in [7, 11) is 0. The molecular formula is C19H29N3O2. The summed E-state index contributed by atoms with van der Waals surface area (Å²) in [5, 5.41) is 2.91. The molecule has 132 valence electrons. The van der Waals surface area contributed by atoms with Crippen molar-refractivity contribution in [1.82, 2.24) is 9.80 Å². The Morgan fingerprint density at radius 1 is 1.04 bits per heavy atom. The number of hydrogen-bond donors (Lipinski definition) is 1. The molecule has 1 aromatic carbocycles. The number of carbonyl (C=O) groups is 2. The molecule has 1 N–H and O–H groups in total. The van der Waals surface area contributed by atoms with Crippen molar-refractivity contribution in [2.45, 2.75) is 33.1 Å². The number of nitrogens with zero attached hydrogens (tertiary/aromatic N) is 2. The summed E-state index contributed by atoms with van der Waals surface area (Å²) in [6, 6.07) is 9.52. The molecule has 1 saturated heterocycles. The largest absolute Gasteiger partial charge is 0.340 e. The van der Waals surface area contributed by atoms with Gasteiger partial charge in [-0.15, -0.1) is 0 Å². The molecule has 2 amide bonds. The normalized spacial score (nSPS) is 15.5. The van der Waals surface area contributed by atoms with Gasteiger partial charge in [-0.1, -0.05) is 32.0 Å². The van der Waals surface area contributed by atoms with Crippen LogP contribution in [0.2, 0.25) is 0 Å². The van der Waals surface area contributed by atoms with Crippen LogP contribution in [0.1, 0.15) is 33.1 Å². The van der Waals surface area contributed by atoms with Gasteiger partial charge in [0.15, 0.2) is 0 Å². The van der Waals surface area contributed by atoms with Crippen LogP contribution < -0.4 is 5.32 Å². The molecule has 0 saturated carbocycles. The molecule has 0 bridgehead atoms. The van der Waals surface area contributed by atoms with Crippen molar-refractivity contribution >= 4 is 17.5 Å². The first-order valence-electron chi connectivity index (χ1n) is 9.00. The second kappa shape index (κ2) is 9.42. The van der Waals surface area contributed by atoms with Gasteiger partial charge in [-0.3, -0.25) is 14.5 Å². The molecule has 1 heterocycles. The van der Waals surface area contributed by atoms with Crippen LogP contribution in [-0.4, -0.2) is 54.3 Å². The smallest absolute Gasteiger partial charge is 0.225 e. The highest BCUT2D eigenvalue weighted by molar-refractivity contribution is 5.90. The van der Waals surface area contributed by atoms with E-state index >= 15 is 0 Å². The van der Waals surface area contributed by atoms with E-state index in [4.69, 9.17) is 0 Å². The van der Waals surface area contributed by atoms with Gasteiger partial charge >= 0.3 is 0 Å². The monoisotopic (exact) mass is 331 g/mol. The van der Waals surface area contributed by atoms with Gasteiger partial charge in [0.1, 0.15) is 0 Å².